The Morgan fingerprint density at radius 1 is 0.758 bits per heavy atom. The second kappa shape index (κ2) is 15.3. The molecule has 11 nitrogen and oxygen atoms in total. The van der Waals surface area contributed by atoms with Crippen molar-refractivity contribution in [2.75, 3.05) is 33.3 Å². The number of esters is 1. The zero-order chi connectivity index (χ0) is 25.5. The van der Waals surface area contributed by atoms with Gasteiger partial charge in [0.2, 0.25) is 5.91 Å². The van der Waals surface area contributed by atoms with E-state index in [1.165, 1.54) is 7.11 Å². The number of carbonyl (C=O) groups is 4. The molecule has 0 aromatic heterocycles. The summed E-state index contributed by atoms with van der Waals surface area (Å²) in [4.78, 5) is 47.5. The zero-order valence-electron chi connectivity index (χ0n) is 21.1. The highest BCUT2D eigenvalue weighted by Crippen LogP contribution is 2.09. The highest BCUT2D eigenvalue weighted by molar-refractivity contribution is 5.85. The fourth-order valence-corrected chi connectivity index (χ4v) is 2.51. The van der Waals surface area contributed by atoms with Gasteiger partial charge in [-0.1, -0.05) is 0 Å². The summed E-state index contributed by atoms with van der Waals surface area (Å²) in [7, 11) is 1.33. The van der Waals surface area contributed by atoms with E-state index in [0.29, 0.717) is 45.4 Å². The third-order valence-electron chi connectivity index (χ3n) is 3.93. The van der Waals surface area contributed by atoms with Crippen LogP contribution in [0, 0.1) is 0 Å². The number of hydrogen-bond donors (Lipinski definition) is 4. The van der Waals surface area contributed by atoms with Crippen molar-refractivity contribution in [1.29, 1.82) is 0 Å². The number of nitrogens with one attached hydrogen (secondary N) is 4. The van der Waals surface area contributed by atoms with Crippen LogP contribution in [-0.2, 0) is 23.8 Å². The Morgan fingerprint density at radius 3 is 1.94 bits per heavy atom. The van der Waals surface area contributed by atoms with Gasteiger partial charge in [-0.2, -0.15) is 0 Å². The first-order chi connectivity index (χ1) is 15.2. The van der Waals surface area contributed by atoms with E-state index in [0.717, 1.165) is 0 Å². The number of rotatable bonds is 13. The topological polar surface area (TPSA) is 144 Å². The molecule has 11 heteroatoms. The molecular formula is C22H42N4O7. The standard InChI is InChI=1S/C22H42N4O7/c1-21(2,3)32-19(29)25-12-9-8-10-16(26-20(30)33-22(4,5)6)18(28)24-15-14-23-13-11-17(27)31-7/h16,23H,8-15H2,1-7H3,(H,24,28)(H,25,29)(H,26,30)/t16-/m0/s1. The van der Waals surface area contributed by atoms with E-state index in [1.807, 2.05) is 0 Å². The molecule has 192 valence electrons. The second-order valence-corrected chi connectivity index (χ2v) is 9.49. The number of alkyl carbamates (subject to hydrolysis) is 2. The van der Waals surface area contributed by atoms with Crippen LogP contribution < -0.4 is 21.3 Å². The minimum Gasteiger partial charge on any atom is -0.469 e. The van der Waals surface area contributed by atoms with Crippen molar-refractivity contribution in [1.82, 2.24) is 21.3 Å². The molecule has 0 aromatic carbocycles. The lowest BCUT2D eigenvalue weighted by atomic mass is 10.1. The van der Waals surface area contributed by atoms with Gasteiger partial charge < -0.3 is 35.5 Å². The van der Waals surface area contributed by atoms with Gasteiger partial charge in [0.15, 0.2) is 0 Å². The summed E-state index contributed by atoms with van der Waals surface area (Å²) >= 11 is 0. The van der Waals surface area contributed by atoms with E-state index in [4.69, 9.17) is 9.47 Å². The molecule has 0 heterocycles. The van der Waals surface area contributed by atoms with Crippen molar-refractivity contribution in [3.63, 3.8) is 0 Å². The van der Waals surface area contributed by atoms with Gasteiger partial charge in [-0.3, -0.25) is 9.59 Å². The average Bonchev–Trinajstić information content (AvgIpc) is 2.66. The summed E-state index contributed by atoms with van der Waals surface area (Å²) in [5.74, 6) is -0.648. The average molecular weight is 475 g/mol. The monoisotopic (exact) mass is 474 g/mol. The summed E-state index contributed by atoms with van der Waals surface area (Å²) in [6, 6.07) is -0.781. The van der Waals surface area contributed by atoms with Crippen molar-refractivity contribution in [3.8, 4) is 0 Å². The minimum absolute atomic E-state index is 0.241. The van der Waals surface area contributed by atoms with Gasteiger partial charge in [-0.05, 0) is 60.8 Å². The molecule has 0 unspecified atom stereocenters. The molecule has 0 spiro atoms. The molecule has 33 heavy (non-hydrogen) atoms. The molecule has 0 aliphatic heterocycles. The van der Waals surface area contributed by atoms with E-state index in [9.17, 15) is 19.2 Å². The van der Waals surface area contributed by atoms with Crippen molar-refractivity contribution in [2.45, 2.75) is 84.5 Å². The Kier molecular flexibility index (Phi) is 14.1. The van der Waals surface area contributed by atoms with Crippen LogP contribution in [-0.4, -0.2) is 74.6 Å². The van der Waals surface area contributed by atoms with Crippen molar-refractivity contribution >= 4 is 24.1 Å². The maximum Gasteiger partial charge on any atom is 0.408 e. The quantitative estimate of drug-likeness (QED) is 0.180. The lowest BCUT2D eigenvalue weighted by Crippen LogP contribution is -2.49. The molecule has 1 atom stereocenters. The molecule has 0 saturated carbocycles. The third kappa shape index (κ3) is 18.7. The van der Waals surface area contributed by atoms with Crippen LogP contribution in [0.4, 0.5) is 9.59 Å². The fourth-order valence-electron chi connectivity index (χ4n) is 2.51. The number of ether oxygens (including phenoxy) is 3. The Balaban J connectivity index is 4.50. The number of methoxy groups -OCH3 is 1. The van der Waals surface area contributed by atoms with Crippen molar-refractivity contribution < 1.29 is 33.4 Å². The molecule has 4 N–H and O–H groups in total. The van der Waals surface area contributed by atoms with Crippen LogP contribution in [0.5, 0.6) is 0 Å². The van der Waals surface area contributed by atoms with Gasteiger partial charge in [0.1, 0.15) is 17.2 Å². The molecule has 0 aliphatic rings. The van der Waals surface area contributed by atoms with Crippen LogP contribution in [0.1, 0.15) is 67.2 Å². The van der Waals surface area contributed by atoms with E-state index in [-0.39, 0.29) is 18.3 Å². The number of hydrogen-bond acceptors (Lipinski definition) is 8. The van der Waals surface area contributed by atoms with Gasteiger partial charge in [-0.25, -0.2) is 9.59 Å². The van der Waals surface area contributed by atoms with Crippen LogP contribution in [0.3, 0.4) is 0 Å². The van der Waals surface area contributed by atoms with E-state index in [1.54, 1.807) is 41.5 Å². The lowest BCUT2D eigenvalue weighted by Gasteiger charge is -2.23. The largest absolute Gasteiger partial charge is 0.469 e. The van der Waals surface area contributed by atoms with Crippen LogP contribution in [0.2, 0.25) is 0 Å². The Labute approximate surface area is 197 Å². The molecule has 0 fully saturated rings. The van der Waals surface area contributed by atoms with Crippen LogP contribution in [0.25, 0.3) is 0 Å². The summed E-state index contributed by atoms with van der Waals surface area (Å²) < 4.78 is 15.0. The molecular weight excluding hydrogens is 432 g/mol. The first kappa shape index (κ1) is 30.4. The number of amides is 3. The summed E-state index contributed by atoms with van der Waals surface area (Å²) in [6.07, 6.45) is 0.630. The summed E-state index contributed by atoms with van der Waals surface area (Å²) in [5, 5.41) is 11.1. The first-order valence-electron chi connectivity index (χ1n) is 11.2. The zero-order valence-corrected chi connectivity index (χ0v) is 21.1. The van der Waals surface area contributed by atoms with E-state index in [2.05, 4.69) is 26.0 Å². The molecule has 3 amide bonds. The molecule has 0 radical (unpaired) electrons. The third-order valence-corrected chi connectivity index (χ3v) is 3.93. The lowest BCUT2D eigenvalue weighted by molar-refractivity contribution is -0.140. The van der Waals surface area contributed by atoms with Gasteiger partial charge in [-0.15, -0.1) is 0 Å². The second-order valence-electron chi connectivity index (χ2n) is 9.49. The molecule has 0 aromatic rings. The Bertz CT molecular complexity index is 627. The van der Waals surface area contributed by atoms with Gasteiger partial charge in [0, 0.05) is 26.2 Å². The van der Waals surface area contributed by atoms with Crippen LogP contribution >= 0.6 is 0 Å². The van der Waals surface area contributed by atoms with Crippen LogP contribution in [0.15, 0.2) is 0 Å². The summed E-state index contributed by atoms with van der Waals surface area (Å²) in [5.41, 5.74) is -1.26. The Hall–Kier alpha value is -2.56. The molecule has 0 aliphatic carbocycles. The number of carbonyl (C=O) groups excluding carboxylic acids is 4. The molecule has 0 rings (SSSR count). The SMILES string of the molecule is COC(=O)CCNCCNC(=O)[C@H](CCCCNC(=O)OC(C)(C)C)NC(=O)OC(C)(C)C. The maximum atomic E-state index is 12.6. The summed E-state index contributed by atoms with van der Waals surface area (Å²) in [6.45, 7) is 12.2. The molecule has 0 saturated heterocycles. The normalized spacial score (nSPS) is 12.3. The highest BCUT2D eigenvalue weighted by Gasteiger charge is 2.24. The van der Waals surface area contributed by atoms with Crippen molar-refractivity contribution in [3.05, 3.63) is 0 Å². The van der Waals surface area contributed by atoms with E-state index >= 15 is 0 Å². The van der Waals surface area contributed by atoms with Gasteiger partial charge in [0.25, 0.3) is 0 Å². The smallest absolute Gasteiger partial charge is 0.408 e. The van der Waals surface area contributed by atoms with Gasteiger partial charge >= 0.3 is 18.2 Å². The van der Waals surface area contributed by atoms with Gasteiger partial charge in [0.05, 0.1) is 13.5 Å². The Morgan fingerprint density at radius 2 is 1.36 bits per heavy atom. The minimum atomic E-state index is -0.781. The molecule has 0 bridgehead atoms. The van der Waals surface area contributed by atoms with Crippen molar-refractivity contribution in [2.24, 2.45) is 0 Å². The highest BCUT2D eigenvalue weighted by atomic mass is 16.6. The maximum absolute atomic E-state index is 12.6. The number of unbranched alkanes of at least 4 members (excludes halogenated alkanes) is 1. The predicted molar refractivity (Wildman–Crippen MR) is 124 cm³/mol. The predicted octanol–water partition coefficient (Wildman–Crippen LogP) is 1.84. The fraction of sp³-hybridized carbons (Fsp3) is 0.818. The first-order valence-corrected chi connectivity index (χ1v) is 11.2. The van der Waals surface area contributed by atoms with E-state index < -0.39 is 29.4 Å².